The lowest BCUT2D eigenvalue weighted by atomic mass is 9.90. The molecule has 0 aromatic rings. The van der Waals surface area contributed by atoms with Crippen LogP contribution in [-0.2, 0) is 33.5 Å². The molecule has 0 radical (unpaired) electrons. The molecule has 19 heavy (non-hydrogen) atoms. The van der Waals surface area contributed by atoms with Gasteiger partial charge in [0.2, 0.25) is 0 Å². The Bertz CT molecular complexity index is 370. The Balaban J connectivity index is 2.78. The molecule has 0 amide bonds. The van der Waals surface area contributed by atoms with Crippen molar-refractivity contribution in [2.75, 3.05) is 27.9 Å². The van der Waals surface area contributed by atoms with E-state index in [1.165, 1.54) is 21.3 Å². The van der Waals surface area contributed by atoms with Crippen LogP contribution in [0.2, 0.25) is 0 Å². The van der Waals surface area contributed by atoms with Crippen LogP contribution in [0.4, 0.5) is 0 Å². The Morgan fingerprint density at radius 3 is 2.11 bits per heavy atom. The van der Waals surface area contributed by atoms with Crippen molar-refractivity contribution in [2.45, 2.75) is 31.5 Å². The number of rotatable bonds is 6. The molecule has 8 nitrogen and oxygen atoms in total. The van der Waals surface area contributed by atoms with Crippen LogP contribution in [0.3, 0.4) is 0 Å². The van der Waals surface area contributed by atoms with E-state index in [0.29, 0.717) is 0 Å². The minimum Gasteiger partial charge on any atom is -0.378 e. The molecule has 0 bridgehead atoms. The van der Waals surface area contributed by atoms with Crippen LogP contribution in [0.25, 0.3) is 0 Å². The summed E-state index contributed by atoms with van der Waals surface area (Å²) < 4.78 is 55.4. The summed E-state index contributed by atoms with van der Waals surface area (Å²) in [6.07, 6.45) is -2.10. The third kappa shape index (κ3) is 4.35. The molecule has 1 heterocycles. The lowest BCUT2D eigenvalue weighted by Gasteiger charge is -2.43. The van der Waals surface area contributed by atoms with E-state index in [9.17, 15) is 8.42 Å². The lowest BCUT2D eigenvalue weighted by Crippen LogP contribution is -2.56. The summed E-state index contributed by atoms with van der Waals surface area (Å²) in [7, 11) is -0.0353. The average Bonchev–Trinajstić information content (AvgIpc) is 2.35. The Labute approximate surface area is 112 Å². The smallest absolute Gasteiger partial charge is 0.378 e. The molecule has 1 N–H and O–H groups in total. The minimum absolute atomic E-state index is 0.205. The van der Waals surface area contributed by atoms with Gasteiger partial charge in [0.05, 0.1) is 18.8 Å². The first-order chi connectivity index (χ1) is 8.84. The van der Waals surface area contributed by atoms with Crippen molar-refractivity contribution in [1.82, 2.24) is 0 Å². The van der Waals surface area contributed by atoms with E-state index < -0.39 is 28.9 Å². The second kappa shape index (κ2) is 6.93. The number of ether oxygens (including phenoxy) is 4. The summed E-state index contributed by atoms with van der Waals surface area (Å²) in [6, 6.07) is 0. The van der Waals surface area contributed by atoms with Gasteiger partial charge in [0.1, 0.15) is 6.10 Å². The maximum atomic E-state index is 10.6. The summed E-state index contributed by atoms with van der Waals surface area (Å²) in [6.45, 7) is 1.49. The Hall–Kier alpha value is -0.290. The van der Waals surface area contributed by atoms with E-state index in [-0.39, 0.29) is 18.6 Å². The summed E-state index contributed by atoms with van der Waals surface area (Å²) in [4.78, 5) is 0. The molecule has 1 fully saturated rings. The molecule has 0 aromatic carbocycles. The molecule has 1 aliphatic rings. The molecule has 5 atom stereocenters. The van der Waals surface area contributed by atoms with Gasteiger partial charge in [-0.2, -0.15) is 8.42 Å². The van der Waals surface area contributed by atoms with Gasteiger partial charge in [-0.25, -0.2) is 4.18 Å². The Kier molecular flexibility index (Phi) is 6.12. The van der Waals surface area contributed by atoms with E-state index in [1.807, 2.05) is 6.92 Å². The molecule has 1 unspecified atom stereocenters. The van der Waals surface area contributed by atoms with Gasteiger partial charge in [-0.05, 0) is 0 Å². The monoisotopic (exact) mass is 300 g/mol. The van der Waals surface area contributed by atoms with Crippen LogP contribution in [0.1, 0.15) is 6.92 Å². The van der Waals surface area contributed by atoms with Crippen LogP contribution in [-0.4, -0.2) is 65.5 Å². The normalized spacial score (nSPS) is 36.4. The van der Waals surface area contributed by atoms with Crippen molar-refractivity contribution in [2.24, 2.45) is 5.92 Å². The molecule has 9 heteroatoms. The first kappa shape index (κ1) is 16.8. The fourth-order valence-corrected chi connectivity index (χ4v) is 2.47. The quantitative estimate of drug-likeness (QED) is 0.676. The molecule has 0 spiro atoms. The zero-order chi connectivity index (χ0) is 14.6. The zero-order valence-electron chi connectivity index (χ0n) is 11.3. The number of hydrogen-bond donors (Lipinski definition) is 1. The van der Waals surface area contributed by atoms with E-state index in [0.717, 1.165) is 0 Å². The highest BCUT2D eigenvalue weighted by Crippen LogP contribution is 2.30. The first-order valence-electron chi connectivity index (χ1n) is 5.69. The van der Waals surface area contributed by atoms with E-state index in [2.05, 4.69) is 4.18 Å². The highest BCUT2D eigenvalue weighted by Gasteiger charge is 2.45. The van der Waals surface area contributed by atoms with E-state index >= 15 is 0 Å². The SMILES string of the molecule is CO[C@@H]1O[C@H](COS(=O)(=O)O)C(C)[C@@H](OC)[C@H]1OC. The number of hydrogen-bond acceptors (Lipinski definition) is 7. The molecule has 0 saturated carbocycles. The molecular formula is C10H20O8S. The molecule has 1 rings (SSSR count). The molecule has 1 saturated heterocycles. The van der Waals surface area contributed by atoms with Gasteiger partial charge in [-0.1, -0.05) is 6.92 Å². The van der Waals surface area contributed by atoms with Crippen LogP contribution in [0.5, 0.6) is 0 Å². The summed E-state index contributed by atoms with van der Waals surface area (Å²) in [5.74, 6) is -0.205. The van der Waals surface area contributed by atoms with Gasteiger partial charge >= 0.3 is 10.4 Å². The summed E-state index contributed by atoms with van der Waals surface area (Å²) in [5, 5.41) is 0. The largest absolute Gasteiger partial charge is 0.397 e. The van der Waals surface area contributed by atoms with Crippen molar-refractivity contribution in [3.8, 4) is 0 Å². The maximum absolute atomic E-state index is 10.6. The third-order valence-corrected chi connectivity index (χ3v) is 3.60. The molecule has 1 aliphatic heterocycles. The summed E-state index contributed by atoms with van der Waals surface area (Å²) >= 11 is 0. The van der Waals surface area contributed by atoms with Gasteiger partial charge in [-0.3, -0.25) is 4.55 Å². The van der Waals surface area contributed by atoms with E-state index in [1.54, 1.807) is 0 Å². The van der Waals surface area contributed by atoms with Gasteiger partial charge < -0.3 is 18.9 Å². The van der Waals surface area contributed by atoms with Crippen molar-refractivity contribution >= 4 is 10.4 Å². The van der Waals surface area contributed by atoms with E-state index in [4.69, 9.17) is 23.5 Å². The lowest BCUT2D eigenvalue weighted by molar-refractivity contribution is -0.288. The van der Waals surface area contributed by atoms with Gasteiger partial charge in [0, 0.05) is 27.2 Å². The molecule has 0 aromatic heterocycles. The average molecular weight is 300 g/mol. The predicted molar refractivity (Wildman–Crippen MR) is 63.9 cm³/mol. The van der Waals surface area contributed by atoms with Gasteiger partial charge in [-0.15, -0.1) is 0 Å². The first-order valence-corrected chi connectivity index (χ1v) is 7.06. The second-order valence-electron chi connectivity index (χ2n) is 4.25. The fourth-order valence-electron chi connectivity index (χ4n) is 2.17. The van der Waals surface area contributed by atoms with Crippen LogP contribution in [0, 0.1) is 5.92 Å². The number of methoxy groups -OCH3 is 3. The molecule has 0 aliphatic carbocycles. The topological polar surface area (TPSA) is 101 Å². The van der Waals surface area contributed by atoms with Crippen molar-refractivity contribution < 1.29 is 36.1 Å². The minimum atomic E-state index is -4.51. The molecule has 114 valence electrons. The van der Waals surface area contributed by atoms with Gasteiger partial charge in [0.15, 0.2) is 6.29 Å². The summed E-state index contributed by atoms with van der Waals surface area (Å²) in [5.41, 5.74) is 0. The van der Waals surface area contributed by atoms with Crippen molar-refractivity contribution in [3.63, 3.8) is 0 Å². The third-order valence-electron chi connectivity index (χ3n) is 3.16. The van der Waals surface area contributed by atoms with Crippen LogP contribution < -0.4 is 0 Å². The van der Waals surface area contributed by atoms with Crippen molar-refractivity contribution in [1.29, 1.82) is 0 Å². The highest BCUT2D eigenvalue weighted by molar-refractivity contribution is 7.80. The fraction of sp³-hybridized carbons (Fsp3) is 1.00. The van der Waals surface area contributed by atoms with Gasteiger partial charge in [0.25, 0.3) is 0 Å². The predicted octanol–water partition coefficient (Wildman–Crippen LogP) is -0.157. The Morgan fingerprint density at radius 2 is 1.68 bits per heavy atom. The second-order valence-corrected chi connectivity index (χ2v) is 5.34. The standard InChI is InChI=1S/C10H20O8S/c1-6-7(5-17-19(11,12)13)18-10(16-4)9(15-3)8(6)14-2/h6-10H,5H2,1-4H3,(H,11,12,13)/t6?,7-,8-,9-,10-/m1/s1. The zero-order valence-corrected chi connectivity index (χ0v) is 12.1. The Morgan fingerprint density at radius 1 is 1.11 bits per heavy atom. The molecular weight excluding hydrogens is 280 g/mol. The highest BCUT2D eigenvalue weighted by atomic mass is 32.3. The maximum Gasteiger partial charge on any atom is 0.397 e. The van der Waals surface area contributed by atoms with Crippen LogP contribution >= 0.6 is 0 Å². The van der Waals surface area contributed by atoms with Crippen molar-refractivity contribution in [3.05, 3.63) is 0 Å². The van der Waals surface area contributed by atoms with Crippen LogP contribution in [0.15, 0.2) is 0 Å².